The zero-order chi connectivity index (χ0) is 19.1. The van der Waals surface area contributed by atoms with Gasteiger partial charge in [0.05, 0.1) is 16.9 Å². The highest BCUT2D eigenvalue weighted by atomic mass is 32.2. The Hall–Kier alpha value is -2.16. The number of nitro benzene ring substituents is 1. The van der Waals surface area contributed by atoms with Gasteiger partial charge >= 0.3 is 0 Å². The number of aryl methyl sites for hydroxylation is 1. The van der Waals surface area contributed by atoms with Gasteiger partial charge in [0.15, 0.2) is 0 Å². The predicted molar refractivity (Wildman–Crippen MR) is 97.4 cm³/mol. The second-order valence-corrected chi connectivity index (χ2v) is 9.25. The van der Waals surface area contributed by atoms with Crippen LogP contribution in [0.25, 0.3) is 0 Å². The Morgan fingerprint density at radius 2 is 2.08 bits per heavy atom. The van der Waals surface area contributed by atoms with E-state index in [1.54, 1.807) is 6.92 Å². The van der Waals surface area contributed by atoms with Crippen molar-refractivity contribution in [1.29, 1.82) is 0 Å². The number of anilines is 1. The lowest BCUT2D eigenvalue weighted by Crippen LogP contribution is -2.45. The Bertz CT molecular complexity index is 839. The molecule has 2 bridgehead atoms. The molecule has 1 N–H and O–H groups in total. The van der Waals surface area contributed by atoms with E-state index in [0.29, 0.717) is 17.4 Å². The number of amides is 1. The van der Waals surface area contributed by atoms with Crippen molar-refractivity contribution in [3.05, 3.63) is 33.9 Å². The summed E-state index contributed by atoms with van der Waals surface area (Å²) in [6, 6.07) is 4.10. The summed E-state index contributed by atoms with van der Waals surface area (Å²) >= 11 is 0. The molecule has 0 aliphatic heterocycles. The van der Waals surface area contributed by atoms with E-state index >= 15 is 0 Å². The maximum atomic E-state index is 12.5. The number of rotatable bonds is 6. The van der Waals surface area contributed by atoms with Crippen LogP contribution < -0.4 is 9.62 Å². The van der Waals surface area contributed by atoms with Crippen molar-refractivity contribution in [1.82, 2.24) is 5.32 Å². The molecule has 0 aromatic heterocycles. The first-order valence-electron chi connectivity index (χ1n) is 8.67. The zero-order valence-corrected chi connectivity index (χ0v) is 15.7. The summed E-state index contributed by atoms with van der Waals surface area (Å²) in [6.45, 7) is 1.28. The number of nitrogens with one attached hydrogen (secondary N) is 1. The molecule has 8 nitrogen and oxygen atoms in total. The van der Waals surface area contributed by atoms with Crippen molar-refractivity contribution < 1.29 is 18.1 Å². The number of hydrogen-bond acceptors (Lipinski definition) is 5. The summed E-state index contributed by atoms with van der Waals surface area (Å²) in [4.78, 5) is 22.9. The smallest absolute Gasteiger partial charge is 0.271 e. The number of nitro groups is 1. The van der Waals surface area contributed by atoms with E-state index in [-0.39, 0.29) is 29.9 Å². The third-order valence-corrected chi connectivity index (χ3v) is 6.57. The summed E-state index contributed by atoms with van der Waals surface area (Å²) in [5.41, 5.74) is 0.492. The van der Waals surface area contributed by atoms with Gasteiger partial charge in [-0.05, 0) is 43.6 Å². The molecule has 142 valence electrons. The van der Waals surface area contributed by atoms with Crippen LogP contribution in [0.1, 0.15) is 31.2 Å². The number of hydrogen-bond donors (Lipinski definition) is 1. The molecule has 0 saturated heterocycles. The number of non-ortho nitro benzene ring substituents is 1. The van der Waals surface area contributed by atoms with Gasteiger partial charge in [-0.3, -0.25) is 19.2 Å². The SMILES string of the molecule is Cc1ccc([N+](=O)[O-])cc1N(CC(=O)N[C@H]1C[C@H]2CC[C@H]1C2)S(C)(=O)=O. The first kappa shape index (κ1) is 18.6. The van der Waals surface area contributed by atoms with Crippen molar-refractivity contribution in [2.75, 3.05) is 17.1 Å². The van der Waals surface area contributed by atoms with Crippen molar-refractivity contribution in [3.63, 3.8) is 0 Å². The van der Waals surface area contributed by atoms with Crippen LogP contribution in [0.15, 0.2) is 18.2 Å². The summed E-state index contributed by atoms with van der Waals surface area (Å²) in [5, 5.41) is 14.0. The van der Waals surface area contributed by atoms with Crippen LogP contribution in [0.3, 0.4) is 0 Å². The Morgan fingerprint density at radius 3 is 2.62 bits per heavy atom. The molecule has 2 aliphatic rings. The van der Waals surface area contributed by atoms with Crippen molar-refractivity contribution in [3.8, 4) is 0 Å². The fourth-order valence-corrected chi connectivity index (χ4v) is 5.07. The highest BCUT2D eigenvalue weighted by Gasteiger charge is 2.40. The highest BCUT2D eigenvalue weighted by molar-refractivity contribution is 7.92. The normalized spacial score (nSPS) is 24.5. The molecular formula is C17H23N3O5S. The Labute approximate surface area is 152 Å². The van der Waals surface area contributed by atoms with E-state index in [9.17, 15) is 23.3 Å². The molecule has 2 fully saturated rings. The van der Waals surface area contributed by atoms with Crippen molar-refractivity contribution in [2.24, 2.45) is 11.8 Å². The molecule has 2 aliphatic carbocycles. The van der Waals surface area contributed by atoms with Crippen LogP contribution >= 0.6 is 0 Å². The molecule has 3 rings (SSSR count). The average molecular weight is 381 g/mol. The summed E-state index contributed by atoms with van der Waals surface area (Å²) in [5.74, 6) is 0.768. The quantitative estimate of drug-likeness (QED) is 0.598. The van der Waals surface area contributed by atoms with Crippen LogP contribution in [0.5, 0.6) is 0 Å². The van der Waals surface area contributed by atoms with Gasteiger partial charge in [0.25, 0.3) is 5.69 Å². The Kier molecular flexibility index (Phi) is 4.92. The lowest BCUT2D eigenvalue weighted by atomic mass is 9.95. The second-order valence-electron chi connectivity index (χ2n) is 7.35. The van der Waals surface area contributed by atoms with Gasteiger partial charge < -0.3 is 5.32 Å². The Balaban J connectivity index is 1.80. The third kappa shape index (κ3) is 3.82. The largest absolute Gasteiger partial charge is 0.352 e. The fourth-order valence-electron chi connectivity index (χ4n) is 4.17. The number of fused-ring (bicyclic) bond motifs is 2. The summed E-state index contributed by atoms with van der Waals surface area (Å²) < 4.78 is 25.4. The minimum atomic E-state index is -3.77. The van der Waals surface area contributed by atoms with Gasteiger partial charge in [-0.2, -0.15) is 0 Å². The van der Waals surface area contributed by atoms with Gasteiger partial charge in [-0.25, -0.2) is 8.42 Å². The Morgan fingerprint density at radius 1 is 1.35 bits per heavy atom. The van der Waals surface area contributed by atoms with Crippen LogP contribution in [-0.4, -0.2) is 38.1 Å². The van der Waals surface area contributed by atoms with E-state index in [1.165, 1.54) is 24.6 Å². The molecular weight excluding hydrogens is 358 g/mol. The summed E-state index contributed by atoms with van der Waals surface area (Å²) in [7, 11) is -3.77. The monoisotopic (exact) mass is 381 g/mol. The van der Waals surface area contributed by atoms with Gasteiger partial charge in [-0.15, -0.1) is 0 Å². The standard InChI is InChI=1S/C17H23N3O5S/c1-11-3-6-14(20(22)23)9-16(11)19(26(2,24)25)10-17(21)18-15-8-12-4-5-13(15)7-12/h3,6,9,12-13,15H,4-5,7-8,10H2,1-2H3,(H,18,21)/t12-,13-,15-/m0/s1. The number of carbonyl (C=O) groups excluding carboxylic acids is 1. The molecule has 26 heavy (non-hydrogen) atoms. The molecule has 0 heterocycles. The van der Waals surface area contributed by atoms with Crippen molar-refractivity contribution in [2.45, 2.75) is 38.6 Å². The average Bonchev–Trinajstić information content (AvgIpc) is 3.15. The zero-order valence-electron chi connectivity index (χ0n) is 14.8. The number of sulfonamides is 1. The molecule has 2 saturated carbocycles. The molecule has 1 aromatic carbocycles. The minimum absolute atomic E-state index is 0.105. The first-order valence-corrected chi connectivity index (χ1v) is 10.5. The summed E-state index contributed by atoms with van der Waals surface area (Å²) in [6.07, 6.45) is 5.39. The maximum Gasteiger partial charge on any atom is 0.271 e. The van der Waals surface area contributed by atoms with Crippen molar-refractivity contribution >= 4 is 27.3 Å². The van der Waals surface area contributed by atoms with E-state index in [4.69, 9.17) is 0 Å². The first-order chi connectivity index (χ1) is 12.1. The molecule has 0 unspecified atom stereocenters. The van der Waals surface area contributed by atoms with E-state index in [1.807, 2.05) is 0 Å². The number of benzene rings is 1. The highest BCUT2D eigenvalue weighted by Crippen LogP contribution is 2.44. The van der Waals surface area contributed by atoms with E-state index in [2.05, 4.69) is 5.32 Å². The predicted octanol–water partition coefficient (Wildman–Crippen LogP) is 1.97. The van der Waals surface area contributed by atoms with Gasteiger partial charge in [0.2, 0.25) is 15.9 Å². The maximum absolute atomic E-state index is 12.5. The van der Waals surface area contributed by atoms with Crippen LogP contribution in [-0.2, 0) is 14.8 Å². The van der Waals surface area contributed by atoms with E-state index in [0.717, 1.165) is 29.8 Å². The molecule has 9 heteroatoms. The second kappa shape index (κ2) is 6.86. The topological polar surface area (TPSA) is 110 Å². The molecule has 3 atom stereocenters. The number of carbonyl (C=O) groups is 1. The lowest BCUT2D eigenvalue weighted by Gasteiger charge is -2.27. The van der Waals surface area contributed by atoms with Crippen LogP contribution in [0.2, 0.25) is 0 Å². The molecule has 1 amide bonds. The number of nitrogens with zero attached hydrogens (tertiary/aromatic N) is 2. The van der Waals surface area contributed by atoms with E-state index < -0.39 is 14.9 Å². The van der Waals surface area contributed by atoms with Gasteiger partial charge in [-0.1, -0.05) is 12.5 Å². The minimum Gasteiger partial charge on any atom is -0.352 e. The fraction of sp³-hybridized carbons (Fsp3) is 0.588. The molecule has 1 aromatic rings. The van der Waals surface area contributed by atoms with Gasteiger partial charge in [0, 0.05) is 18.2 Å². The molecule has 0 spiro atoms. The van der Waals surface area contributed by atoms with Gasteiger partial charge in [0.1, 0.15) is 6.54 Å². The van der Waals surface area contributed by atoms with Crippen LogP contribution in [0, 0.1) is 28.9 Å². The lowest BCUT2D eigenvalue weighted by molar-refractivity contribution is -0.384. The van der Waals surface area contributed by atoms with Crippen LogP contribution in [0.4, 0.5) is 11.4 Å². The third-order valence-electron chi connectivity index (χ3n) is 5.44. The molecule has 0 radical (unpaired) electrons.